The van der Waals surface area contributed by atoms with Crippen molar-refractivity contribution in [3.8, 4) is 0 Å². The third-order valence-corrected chi connectivity index (χ3v) is 4.67. The van der Waals surface area contributed by atoms with Gasteiger partial charge in [0, 0.05) is 6.42 Å². The Kier molecular flexibility index (Phi) is 7.81. The Morgan fingerprint density at radius 2 is 1.58 bits per heavy atom. The monoisotopic (exact) mass is 325 g/mol. The predicted molar refractivity (Wildman–Crippen MR) is 103 cm³/mol. The summed E-state index contributed by atoms with van der Waals surface area (Å²) >= 11 is 0. The number of rotatable bonds is 10. The van der Waals surface area contributed by atoms with E-state index in [2.05, 4.69) is 61.6 Å². The fourth-order valence-electron chi connectivity index (χ4n) is 3.26. The molecule has 0 saturated heterocycles. The zero-order valence-electron chi connectivity index (χ0n) is 15.2. The normalized spacial score (nSPS) is 12.2. The minimum absolute atomic E-state index is 0.0492. The second-order valence-corrected chi connectivity index (χ2v) is 6.73. The number of hydrogen-bond donors (Lipinski definition) is 1. The van der Waals surface area contributed by atoms with Gasteiger partial charge in [-0.2, -0.15) is 0 Å². The van der Waals surface area contributed by atoms with Gasteiger partial charge in [-0.15, -0.1) is 0 Å². The maximum Gasteiger partial charge on any atom is 0.220 e. The van der Waals surface area contributed by atoms with Gasteiger partial charge in [0.1, 0.15) is 0 Å². The van der Waals surface area contributed by atoms with Crippen LogP contribution in [0, 0.1) is 0 Å². The van der Waals surface area contributed by atoms with Crippen molar-refractivity contribution in [3.63, 3.8) is 0 Å². The first-order valence-electron chi connectivity index (χ1n) is 9.49. The minimum atomic E-state index is 0.0492. The summed E-state index contributed by atoms with van der Waals surface area (Å²) in [5.74, 6) is 0.170. The zero-order chi connectivity index (χ0) is 17.2. The van der Waals surface area contributed by atoms with Gasteiger partial charge in [0.25, 0.3) is 0 Å². The van der Waals surface area contributed by atoms with Crippen molar-refractivity contribution in [1.82, 2.24) is 5.32 Å². The van der Waals surface area contributed by atoms with Crippen LogP contribution in [0.5, 0.6) is 0 Å². The number of amides is 1. The van der Waals surface area contributed by atoms with Crippen molar-refractivity contribution in [2.24, 2.45) is 0 Å². The van der Waals surface area contributed by atoms with Gasteiger partial charge in [-0.1, -0.05) is 87.9 Å². The molecule has 1 amide bonds. The largest absolute Gasteiger partial charge is 0.350 e. The van der Waals surface area contributed by atoms with E-state index in [0.29, 0.717) is 6.42 Å². The van der Waals surface area contributed by atoms with E-state index < -0.39 is 0 Å². The lowest BCUT2D eigenvalue weighted by molar-refractivity contribution is -0.121. The van der Waals surface area contributed by atoms with Crippen molar-refractivity contribution in [2.45, 2.75) is 71.3 Å². The van der Waals surface area contributed by atoms with Crippen LogP contribution in [0.25, 0.3) is 10.8 Å². The third-order valence-electron chi connectivity index (χ3n) is 4.67. The number of benzene rings is 2. The van der Waals surface area contributed by atoms with Crippen molar-refractivity contribution >= 4 is 16.7 Å². The van der Waals surface area contributed by atoms with Gasteiger partial charge in [-0.05, 0) is 29.7 Å². The van der Waals surface area contributed by atoms with E-state index in [1.165, 1.54) is 54.9 Å². The van der Waals surface area contributed by atoms with E-state index in [1.54, 1.807) is 0 Å². The quantitative estimate of drug-likeness (QED) is 0.521. The summed E-state index contributed by atoms with van der Waals surface area (Å²) in [6.45, 7) is 4.31. The van der Waals surface area contributed by atoms with E-state index in [4.69, 9.17) is 0 Å². The first kappa shape index (κ1) is 18.5. The number of carbonyl (C=O) groups excluding carboxylic acids is 1. The number of fused-ring (bicyclic) bond motifs is 1. The fraction of sp³-hybridized carbons (Fsp3) is 0.500. The number of carbonyl (C=O) groups is 1. The average molecular weight is 325 g/mol. The zero-order valence-corrected chi connectivity index (χ0v) is 15.2. The molecule has 130 valence electrons. The van der Waals surface area contributed by atoms with Crippen molar-refractivity contribution in [1.29, 1.82) is 0 Å². The summed E-state index contributed by atoms with van der Waals surface area (Å²) in [7, 11) is 0. The van der Waals surface area contributed by atoms with Crippen molar-refractivity contribution < 1.29 is 4.79 Å². The summed E-state index contributed by atoms with van der Waals surface area (Å²) in [5, 5.41) is 5.61. The van der Waals surface area contributed by atoms with Gasteiger partial charge in [0.05, 0.1) is 6.04 Å². The van der Waals surface area contributed by atoms with E-state index in [9.17, 15) is 4.79 Å². The topological polar surface area (TPSA) is 29.1 Å². The van der Waals surface area contributed by atoms with E-state index in [1.807, 2.05) is 0 Å². The molecule has 0 aliphatic heterocycles. The molecule has 0 aromatic heterocycles. The maximum absolute atomic E-state index is 12.2. The summed E-state index contributed by atoms with van der Waals surface area (Å²) in [5.41, 5.74) is 1.20. The minimum Gasteiger partial charge on any atom is -0.350 e. The molecule has 2 aromatic carbocycles. The molecule has 0 aliphatic rings. The highest BCUT2D eigenvalue weighted by Gasteiger charge is 2.11. The van der Waals surface area contributed by atoms with Crippen LogP contribution in [-0.4, -0.2) is 5.91 Å². The molecule has 0 fully saturated rings. The Balaban J connectivity index is 1.77. The molecule has 2 heteroatoms. The van der Waals surface area contributed by atoms with Crippen LogP contribution < -0.4 is 5.32 Å². The molecule has 0 unspecified atom stereocenters. The molecule has 2 aromatic rings. The molecule has 24 heavy (non-hydrogen) atoms. The van der Waals surface area contributed by atoms with E-state index in [-0.39, 0.29) is 11.9 Å². The molecule has 1 atom stereocenters. The lowest BCUT2D eigenvalue weighted by atomic mass is 9.99. The smallest absolute Gasteiger partial charge is 0.220 e. The first-order valence-corrected chi connectivity index (χ1v) is 9.49. The van der Waals surface area contributed by atoms with Gasteiger partial charge in [-0.25, -0.2) is 0 Å². The fourth-order valence-corrected chi connectivity index (χ4v) is 3.26. The Labute approximate surface area is 146 Å². The lowest BCUT2D eigenvalue weighted by Gasteiger charge is -2.16. The molecule has 0 saturated carbocycles. The van der Waals surface area contributed by atoms with Crippen LogP contribution in [0.1, 0.15) is 76.8 Å². The standard InChI is InChI=1S/C22H31NO/c1-3-4-5-6-7-8-9-17-22(24)23-18(2)20-16-12-14-19-13-10-11-15-21(19)20/h10-16,18H,3-9,17H2,1-2H3,(H,23,24)/t18-/m0/s1. The van der Waals surface area contributed by atoms with Gasteiger partial charge < -0.3 is 5.32 Å². The molecule has 1 N–H and O–H groups in total. The van der Waals surface area contributed by atoms with Crippen LogP contribution in [0.2, 0.25) is 0 Å². The molecule has 0 heterocycles. The first-order chi connectivity index (χ1) is 11.7. The number of hydrogen-bond acceptors (Lipinski definition) is 1. The van der Waals surface area contributed by atoms with Crippen LogP contribution in [0.4, 0.5) is 0 Å². The van der Waals surface area contributed by atoms with Gasteiger partial charge >= 0.3 is 0 Å². The Bertz CT molecular complexity index is 629. The Morgan fingerprint density at radius 3 is 2.38 bits per heavy atom. The summed E-state index contributed by atoms with van der Waals surface area (Å²) in [4.78, 5) is 12.2. The van der Waals surface area contributed by atoms with E-state index in [0.717, 1.165) is 6.42 Å². The average Bonchev–Trinajstić information content (AvgIpc) is 2.60. The summed E-state index contributed by atoms with van der Waals surface area (Å²) in [6, 6.07) is 14.7. The predicted octanol–water partition coefficient (Wildman–Crippen LogP) is 6.16. The Hall–Kier alpha value is -1.83. The second-order valence-electron chi connectivity index (χ2n) is 6.73. The van der Waals surface area contributed by atoms with Crippen molar-refractivity contribution in [3.05, 3.63) is 48.0 Å². The second kappa shape index (κ2) is 10.1. The molecular weight excluding hydrogens is 294 g/mol. The van der Waals surface area contributed by atoms with E-state index >= 15 is 0 Å². The third kappa shape index (κ3) is 5.67. The van der Waals surface area contributed by atoms with Gasteiger partial charge in [0.2, 0.25) is 5.91 Å². The molecule has 0 bridgehead atoms. The highest BCUT2D eigenvalue weighted by molar-refractivity contribution is 5.86. The van der Waals surface area contributed by atoms with Gasteiger partial charge in [0.15, 0.2) is 0 Å². The van der Waals surface area contributed by atoms with Crippen LogP contribution in [-0.2, 0) is 4.79 Å². The van der Waals surface area contributed by atoms with Crippen LogP contribution in [0.3, 0.4) is 0 Å². The highest BCUT2D eigenvalue weighted by Crippen LogP contribution is 2.24. The molecule has 0 aliphatic carbocycles. The van der Waals surface area contributed by atoms with Gasteiger partial charge in [-0.3, -0.25) is 4.79 Å². The Morgan fingerprint density at radius 1 is 0.917 bits per heavy atom. The van der Waals surface area contributed by atoms with Crippen LogP contribution in [0.15, 0.2) is 42.5 Å². The molecular formula is C22H31NO. The summed E-state index contributed by atoms with van der Waals surface area (Å²) in [6.07, 6.45) is 9.33. The number of nitrogens with one attached hydrogen (secondary N) is 1. The number of unbranched alkanes of at least 4 members (excludes halogenated alkanes) is 6. The van der Waals surface area contributed by atoms with Crippen LogP contribution >= 0.6 is 0 Å². The molecule has 2 rings (SSSR count). The summed E-state index contributed by atoms with van der Waals surface area (Å²) < 4.78 is 0. The lowest BCUT2D eigenvalue weighted by Crippen LogP contribution is -2.26. The molecule has 0 spiro atoms. The van der Waals surface area contributed by atoms with Crippen molar-refractivity contribution in [2.75, 3.05) is 0 Å². The maximum atomic E-state index is 12.2. The highest BCUT2D eigenvalue weighted by atomic mass is 16.1. The molecule has 2 nitrogen and oxygen atoms in total. The SMILES string of the molecule is CCCCCCCCCC(=O)N[C@@H](C)c1cccc2ccccc12. The molecule has 0 radical (unpaired) electrons.